The summed E-state index contributed by atoms with van der Waals surface area (Å²) in [6, 6.07) is 5.47. The average Bonchev–Trinajstić information content (AvgIpc) is 2.56. The van der Waals surface area contributed by atoms with Crippen molar-refractivity contribution < 1.29 is 14.3 Å². The maximum absolute atomic E-state index is 11.8. The van der Waals surface area contributed by atoms with E-state index in [0.717, 1.165) is 11.4 Å². The normalized spacial score (nSPS) is 14.2. The molecule has 0 aliphatic carbocycles. The Morgan fingerprint density at radius 2 is 2.20 bits per heavy atom. The van der Waals surface area contributed by atoms with Crippen LogP contribution >= 0.6 is 0 Å². The van der Waals surface area contributed by atoms with E-state index in [1.807, 2.05) is 18.2 Å². The number of rotatable bonds is 3. The van der Waals surface area contributed by atoms with Gasteiger partial charge in [0, 0.05) is 26.8 Å². The molecular formula is C14H19N3O3. The SMILES string of the molecule is CN(C)C(=O)CNc1ccc2c(c1)N(C)C(=O)CCO2. The molecule has 2 amide bonds. The van der Waals surface area contributed by atoms with E-state index in [1.54, 1.807) is 26.0 Å². The average molecular weight is 277 g/mol. The van der Waals surface area contributed by atoms with Crippen LogP contribution in [0.5, 0.6) is 5.75 Å². The topological polar surface area (TPSA) is 61.9 Å². The third-order valence-corrected chi connectivity index (χ3v) is 3.21. The van der Waals surface area contributed by atoms with Crippen molar-refractivity contribution in [2.45, 2.75) is 6.42 Å². The summed E-state index contributed by atoms with van der Waals surface area (Å²) in [4.78, 5) is 26.5. The number of nitrogens with zero attached hydrogens (tertiary/aromatic N) is 2. The maximum Gasteiger partial charge on any atom is 0.241 e. The van der Waals surface area contributed by atoms with Crippen LogP contribution in [-0.2, 0) is 9.59 Å². The first-order valence-corrected chi connectivity index (χ1v) is 6.46. The minimum absolute atomic E-state index is 0.0133. The second-order valence-corrected chi connectivity index (χ2v) is 4.88. The summed E-state index contributed by atoms with van der Waals surface area (Å²) in [5, 5.41) is 3.05. The summed E-state index contributed by atoms with van der Waals surface area (Å²) in [5.74, 6) is 0.689. The van der Waals surface area contributed by atoms with Crippen molar-refractivity contribution in [2.75, 3.05) is 44.5 Å². The van der Waals surface area contributed by atoms with Crippen molar-refractivity contribution in [3.8, 4) is 5.75 Å². The van der Waals surface area contributed by atoms with Gasteiger partial charge in [-0.2, -0.15) is 0 Å². The van der Waals surface area contributed by atoms with Gasteiger partial charge >= 0.3 is 0 Å². The summed E-state index contributed by atoms with van der Waals surface area (Å²) in [7, 11) is 5.15. The molecule has 2 rings (SSSR count). The smallest absolute Gasteiger partial charge is 0.241 e. The van der Waals surface area contributed by atoms with Crippen molar-refractivity contribution in [3.63, 3.8) is 0 Å². The maximum atomic E-state index is 11.8. The predicted molar refractivity (Wildman–Crippen MR) is 77.1 cm³/mol. The summed E-state index contributed by atoms with van der Waals surface area (Å²) >= 11 is 0. The van der Waals surface area contributed by atoms with Gasteiger partial charge in [0.05, 0.1) is 25.3 Å². The highest BCUT2D eigenvalue weighted by molar-refractivity contribution is 5.95. The molecule has 1 N–H and O–H groups in total. The van der Waals surface area contributed by atoms with Gasteiger partial charge < -0.3 is 19.9 Å². The lowest BCUT2D eigenvalue weighted by atomic mass is 10.2. The number of ether oxygens (including phenoxy) is 1. The molecule has 1 aromatic carbocycles. The summed E-state index contributed by atoms with van der Waals surface area (Å²) < 4.78 is 5.54. The van der Waals surface area contributed by atoms with Gasteiger partial charge in [-0.1, -0.05) is 0 Å². The standard InChI is InChI=1S/C14H19N3O3/c1-16(2)14(19)9-15-10-4-5-12-11(8-10)17(3)13(18)6-7-20-12/h4-5,8,15H,6-7,9H2,1-3H3. The minimum Gasteiger partial charge on any atom is -0.491 e. The fraction of sp³-hybridized carbons (Fsp3) is 0.429. The highest BCUT2D eigenvalue weighted by Gasteiger charge is 2.20. The van der Waals surface area contributed by atoms with Crippen molar-refractivity contribution in [1.82, 2.24) is 4.90 Å². The van der Waals surface area contributed by atoms with Crippen LogP contribution < -0.4 is 15.0 Å². The van der Waals surface area contributed by atoms with Crippen LogP contribution in [-0.4, -0.2) is 51.0 Å². The number of nitrogens with one attached hydrogen (secondary N) is 1. The number of amides is 2. The summed E-state index contributed by atoms with van der Waals surface area (Å²) in [6.45, 7) is 0.604. The van der Waals surface area contributed by atoms with Gasteiger partial charge in [0.15, 0.2) is 0 Å². The monoisotopic (exact) mass is 277 g/mol. The largest absolute Gasteiger partial charge is 0.491 e. The highest BCUT2D eigenvalue weighted by Crippen LogP contribution is 2.33. The number of likely N-dealkylation sites (N-methyl/N-ethyl adjacent to an activating group) is 1. The zero-order valence-corrected chi connectivity index (χ0v) is 12.0. The van der Waals surface area contributed by atoms with Crippen LogP contribution in [0.2, 0.25) is 0 Å². The van der Waals surface area contributed by atoms with Crippen molar-refractivity contribution in [2.24, 2.45) is 0 Å². The Hall–Kier alpha value is -2.24. The lowest BCUT2D eigenvalue weighted by molar-refractivity contribution is -0.126. The molecule has 1 aliphatic heterocycles. The van der Waals surface area contributed by atoms with Crippen LogP contribution in [0.1, 0.15) is 6.42 Å². The zero-order chi connectivity index (χ0) is 14.7. The van der Waals surface area contributed by atoms with E-state index >= 15 is 0 Å². The molecule has 20 heavy (non-hydrogen) atoms. The van der Waals surface area contributed by atoms with Crippen LogP contribution in [0.3, 0.4) is 0 Å². The van der Waals surface area contributed by atoms with Gasteiger partial charge in [0.25, 0.3) is 0 Å². The Morgan fingerprint density at radius 3 is 2.90 bits per heavy atom. The van der Waals surface area contributed by atoms with E-state index in [9.17, 15) is 9.59 Å². The Labute approximate surface area is 118 Å². The first-order chi connectivity index (χ1) is 9.49. The number of carbonyl (C=O) groups is 2. The minimum atomic E-state index is -0.0133. The Balaban J connectivity index is 2.16. The summed E-state index contributed by atoms with van der Waals surface area (Å²) in [6.07, 6.45) is 0.368. The fourth-order valence-electron chi connectivity index (χ4n) is 1.90. The van der Waals surface area contributed by atoms with Gasteiger partial charge in [-0.3, -0.25) is 9.59 Å². The lowest BCUT2D eigenvalue weighted by Crippen LogP contribution is -2.28. The highest BCUT2D eigenvalue weighted by atomic mass is 16.5. The van der Waals surface area contributed by atoms with Gasteiger partial charge in [-0.15, -0.1) is 0 Å². The van der Waals surface area contributed by atoms with Crippen LogP contribution in [0, 0.1) is 0 Å². The quantitative estimate of drug-likeness (QED) is 0.893. The van der Waals surface area contributed by atoms with E-state index in [1.165, 1.54) is 4.90 Å². The molecule has 0 aromatic heterocycles. The third kappa shape index (κ3) is 3.01. The van der Waals surface area contributed by atoms with Gasteiger partial charge in [0.1, 0.15) is 5.75 Å². The lowest BCUT2D eigenvalue weighted by Gasteiger charge is -2.18. The number of hydrogen-bond acceptors (Lipinski definition) is 4. The van der Waals surface area contributed by atoms with E-state index < -0.39 is 0 Å². The molecule has 1 heterocycles. The van der Waals surface area contributed by atoms with E-state index in [4.69, 9.17) is 4.74 Å². The predicted octanol–water partition coefficient (Wildman–Crippen LogP) is 0.932. The second kappa shape index (κ2) is 5.81. The van der Waals surface area contributed by atoms with E-state index in [2.05, 4.69) is 5.32 Å². The van der Waals surface area contributed by atoms with Crippen molar-refractivity contribution in [3.05, 3.63) is 18.2 Å². The molecule has 0 saturated heterocycles. The number of benzene rings is 1. The van der Waals surface area contributed by atoms with Gasteiger partial charge in [0.2, 0.25) is 11.8 Å². The van der Waals surface area contributed by atoms with Crippen molar-refractivity contribution in [1.29, 1.82) is 0 Å². The Bertz CT molecular complexity index is 528. The summed E-state index contributed by atoms with van der Waals surface area (Å²) in [5.41, 5.74) is 1.50. The molecule has 0 bridgehead atoms. The Morgan fingerprint density at radius 1 is 1.45 bits per heavy atom. The van der Waals surface area contributed by atoms with Crippen LogP contribution in [0.15, 0.2) is 18.2 Å². The second-order valence-electron chi connectivity index (χ2n) is 4.88. The molecule has 1 aliphatic rings. The Kier molecular flexibility index (Phi) is 4.12. The van der Waals surface area contributed by atoms with Gasteiger partial charge in [-0.05, 0) is 18.2 Å². The van der Waals surface area contributed by atoms with Crippen LogP contribution in [0.4, 0.5) is 11.4 Å². The molecule has 0 fully saturated rings. The van der Waals surface area contributed by atoms with Crippen LogP contribution in [0.25, 0.3) is 0 Å². The van der Waals surface area contributed by atoms with E-state index in [0.29, 0.717) is 18.8 Å². The zero-order valence-electron chi connectivity index (χ0n) is 12.0. The number of fused-ring (bicyclic) bond motifs is 1. The molecule has 1 aromatic rings. The number of hydrogen-bond donors (Lipinski definition) is 1. The van der Waals surface area contributed by atoms with E-state index in [-0.39, 0.29) is 18.4 Å². The molecular weight excluding hydrogens is 258 g/mol. The molecule has 0 atom stereocenters. The molecule has 0 saturated carbocycles. The first-order valence-electron chi connectivity index (χ1n) is 6.46. The molecule has 6 nitrogen and oxygen atoms in total. The third-order valence-electron chi connectivity index (χ3n) is 3.21. The molecule has 0 unspecified atom stereocenters. The number of anilines is 2. The van der Waals surface area contributed by atoms with Crippen molar-refractivity contribution >= 4 is 23.2 Å². The number of carbonyl (C=O) groups excluding carboxylic acids is 2. The first kappa shape index (κ1) is 14.2. The fourth-order valence-corrected chi connectivity index (χ4v) is 1.90. The molecule has 0 spiro atoms. The van der Waals surface area contributed by atoms with Gasteiger partial charge in [-0.25, -0.2) is 0 Å². The molecule has 108 valence electrons. The molecule has 0 radical (unpaired) electrons. The molecule has 6 heteroatoms.